The van der Waals surface area contributed by atoms with Crippen LogP contribution >= 0.6 is 27.7 Å². The van der Waals surface area contributed by atoms with Gasteiger partial charge in [-0.15, -0.1) is 11.8 Å². The average molecular weight is 552 g/mol. The van der Waals surface area contributed by atoms with Crippen molar-refractivity contribution in [2.75, 3.05) is 33.1 Å². The summed E-state index contributed by atoms with van der Waals surface area (Å²) in [6.45, 7) is 3.29. The summed E-state index contributed by atoms with van der Waals surface area (Å²) >= 11 is 5.17. The van der Waals surface area contributed by atoms with Crippen LogP contribution in [0.15, 0.2) is 34.8 Å². The van der Waals surface area contributed by atoms with Gasteiger partial charge in [-0.3, -0.25) is 9.59 Å². The summed E-state index contributed by atoms with van der Waals surface area (Å²) in [7, 11) is 1.57. The van der Waals surface area contributed by atoms with Crippen LogP contribution in [0, 0.1) is 5.92 Å². The van der Waals surface area contributed by atoms with E-state index in [1.54, 1.807) is 43.1 Å². The Bertz CT molecular complexity index is 1020. The number of aromatic hydroxyl groups is 1. The molecule has 184 valence electrons. The molecule has 0 spiro atoms. The highest BCUT2D eigenvalue weighted by Crippen LogP contribution is 2.40. The van der Waals surface area contributed by atoms with Crippen LogP contribution in [0.2, 0.25) is 0 Å². The highest BCUT2D eigenvalue weighted by Gasteiger charge is 2.34. The van der Waals surface area contributed by atoms with Crippen molar-refractivity contribution in [2.24, 2.45) is 5.92 Å². The Morgan fingerprint density at radius 1 is 1.24 bits per heavy atom. The van der Waals surface area contributed by atoms with Gasteiger partial charge < -0.3 is 24.2 Å². The van der Waals surface area contributed by atoms with E-state index >= 15 is 0 Å². The van der Waals surface area contributed by atoms with E-state index < -0.39 is 0 Å². The predicted octanol–water partition coefficient (Wildman–Crippen LogP) is 5.38. The molecule has 0 bridgehead atoms. The molecular weight excluding hydrogens is 522 g/mol. The van der Waals surface area contributed by atoms with E-state index in [2.05, 4.69) is 15.9 Å². The molecule has 7 nitrogen and oxygen atoms in total. The van der Waals surface area contributed by atoms with Crippen molar-refractivity contribution in [1.82, 2.24) is 4.90 Å². The molecule has 1 amide bonds. The Labute approximate surface area is 212 Å². The van der Waals surface area contributed by atoms with Gasteiger partial charge in [0, 0.05) is 12.5 Å². The molecule has 0 aliphatic carbocycles. The molecular formula is C25H30BrNO6S. The highest BCUT2D eigenvalue weighted by molar-refractivity contribution is 9.10. The third kappa shape index (κ3) is 5.63. The predicted molar refractivity (Wildman–Crippen MR) is 137 cm³/mol. The number of nitrogens with zero attached hydrogens (tertiary/aromatic N) is 1. The largest absolute Gasteiger partial charge is 0.507 e. The zero-order valence-corrected chi connectivity index (χ0v) is 22.0. The quantitative estimate of drug-likeness (QED) is 0.418. The van der Waals surface area contributed by atoms with Crippen LogP contribution in [-0.4, -0.2) is 60.7 Å². The number of thioether (sulfide) groups is 1. The zero-order valence-electron chi connectivity index (χ0n) is 19.6. The van der Waals surface area contributed by atoms with Crippen molar-refractivity contribution in [1.29, 1.82) is 0 Å². The number of methoxy groups -OCH3 is 1. The molecule has 34 heavy (non-hydrogen) atoms. The Kier molecular flexibility index (Phi) is 9.53. The first-order valence-electron chi connectivity index (χ1n) is 11.2. The van der Waals surface area contributed by atoms with Crippen LogP contribution in [0.4, 0.5) is 0 Å². The van der Waals surface area contributed by atoms with Crippen molar-refractivity contribution in [3.8, 4) is 23.0 Å². The van der Waals surface area contributed by atoms with E-state index in [-0.39, 0.29) is 28.5 Å². The fourth-order valence-corrected chi connectivity index (χ4v) is 5.85. The molecule has 3 rings (SSSR count). The van der Waals surface area contributed by atoms with Gasteiger partial charge in [0.2, 0.25) is 0 Å². The molecule has 1 N–H and O–H groups in total. The van der Waals surface area contributed by atoms with Crippen molar-refractivity contribution < 1.29 is 28.9 Å². The van der Waals surface area contributed by atoms with Gasteiger partial charge in [-0.1, -0.05) is 12.5 Å². The second-order valence-electron chi connectivity index (χ2n) is 7.89. The fraction of sp³-hybridized carbons (Fsp3) is 0.440. The molecule has 2 unspecified atom stereocenters. The van der Waals surface area contributed by atoms with Crippen molar-refractivity contribution in [3.63, 3.8) is 0 Å². The van der Waals surface area contributed by atoms with E-state index in [0.717, 1.165) is 19.3 Å². The molecule has 2 aromatic carbocycles. The van der Waals surface area contributed by atoms with E-state index in [1.165, 1.54) is 6.07 Å². The van der Waals surface area contributed by atoms with Crippen molar-refractivity contribution >= 4 is 39.9 Å². The topological polar surface area (TPSA) is 85.3 Å². The highest BCUT2D eigenvalue weighted by atomic mass is 79.9. The first-order valence-corrected chi connectivity index (χ1v) is 13.3. The van der Waals surface area contributed by atoms with Crippen LogP contribution in [0.25, 0.3) is 0 Å². The Hall–Kier alpha value is -2.39. The summed E-state index contributed by atoms with van der Waals surface area (Å²) in [5.41, 5.74) is 0.650. The number of rotatable bonds is 9. The Morgan fingerprint density at radius 2 is 2.03 bits per heavy atom. The summed E-state index contributed by atoms with van der Waals surface area (Å²) in [5.74, 6) is 1.26. The van der Waals surface area contributed by atoms with Gasteiger partial charge in [-0.2, -0.15) is 0 Å². The number of halogens is 1. The molecule has 1 aliphatic heterocycles. The average Bonchev–Trinajstić information content (AvgIpc) is 3.05. The summed E-state index contributed by atoms with van der Waals surface area (Å²) in [5, 5.41) is 9.83. The maximum atomic E-state index is 13.7. The van der Waals surface area contributed by atoms with Crippen LogP contribution in [0.1, 0.15) is 46.9 Å². The van der Waals surface area contributed by atoms with E-state index in [1.807, 2.05) is 18.1 Å². The second kappa shape index (κ2) is 12.4. The standard InChI is InChI=1S/C25H30BrNO6S/c1-4-32-23-21(31-2)12-11-17(22(23)26)24(30)27-13-6-5-8-16(25(27)34-3)15-33-20-10-7-9-19(29)18(20)14-28/h7,9-12,14,16,25,29H,4-6,8,13,15H2,1-3H3. The number of hydrogen-bond donors (Lipinski definition) is 1. The van der Waals surface area contributed by atoms with Gasteiger partial charge in [0.1, 0.15) is 11.5 Å². The minimum atomic E-state index is -0.114. The smallest absolute Gasteiger partial charge is 0.256 e. The van der Waals surface area contributed by atoms with Gasteiger partial charge in [0.25, 0.3) is 5.91 Å². The van der Waals surface area contributed by atoms with Crippen LogP contribution in [0.5, 0.6) is 23.0 Å². The molecule has 9 heteroatoms. The maximum Gasteiger partial charge on any atom is 0.256 e. The number of aldehydes is 1. The lowest BCUT2D eigenvalue weighted by Crippen LogP contribution is -2.43. The van der Waals surface area contributed by atoms with Crippen LogP contribution < -0.4 is 14.2 Å². The molecule has 0 radical (unpaired) electrons. The number of benzene rings is 2. The number of carbonyl (C=O) groups is 2. The second-order valence-corrected chi connectivity index (χ2v) is 9.64. The van der Waals surface area contributed by atoms with Gasteiger partial charge in [0.15, 0.2) is 17.8 Å². The first-order chi connectivity index (χ1) is 16.5. The molecule has 1 saturated heterocycles. The van der Waals surface area contributed by atoms with E-state index in [0.29, 0.717) is 53.3 Å². The number of hydrogen-bond acceptors (Lipinski definition) is 7. The lowest BCUT2D eigenvalue weighted by atomic mass is 10.0. The third-order valence-corrected chi connectivity index (χ3v) is 7.76. The molecule has 0 aromatic heterocycles. The van der Waals surface area contributed by atoms with Crippen LogP contribution in [-0.2, 0) is 0 Å². The van der Waals surface area contributed by atoms with Crippen LogP contribution in [0.3, 0.4) is 0 Å². The SMILES string of the molecule is CCOc1c(OC)ccc(C(=O)N2CCCCC(COc3cccc(O)c3C=O)C2SC)c1Br. The molecule has 0 saturated carbocycles. The normalized spacial score (nSPS) is 18.2. The minimum absolute atomic E-state index is 0.0479. The van der Waals surface area contributed by atoms with E-state index in [4.69, 9.17) is 14.2 Å². The number of amides is 1. The van der Waals surface area contributed by atoms with E-state index in [9.17, 15) is 14.7 Å². The lowest BCUT2D eigenvalue weighted by Gasteiger charge is -2.34. The fourth-order valence-electron chi connectivity index (χ4n) is 4.19. The molecule has 1 heterocycles. The van der Waals surface area contributed by atoms with Gasteiger partial charge in [0.05, 0.1) is 41.3 Å². The van der Waals surface area contributed by atoms with Gasteiger partial charge in [-0.05, 0) is 66.2 Å². The Balaban J connectivity index is 1.86. The summed E-state index contributed by atoms with van der Waals surface area (Å²) < 4.78 is 17.7. The summed E-state index contributed by atoms with van der Waals surface area (Å²) in [6.07, 6.45) is 5.32. The molecule has 1 aliphatic rings. The monoisotopic (exact) mass is 551 g/mol. The summed E-state index contributed by atoms with van der Waals surface area (Å²) in [6, 6.07) is 8.27. The van der Waals surface area contributed by atoms with Crippen molar-refractivity contribution in [2.45, 2.75) is 31.6 Å². The van der Waals surface area contributed by atoms with Gasteiger partial charge in [-0.25, -0.2) is 0 Å². The first kappa shape index (κ1) is 26.2. The lowest BCUT2D eigenvalue weighted by molar-refractivity contribution is 0.0692. The maximum absolute atomic E-state index is 13.7. The number of likely N-dealkylation sites (tertiary alicyclic amines) is 1. The minimum Gasteiger partial charge on any atom is -0.507 e. The van der Waals surface area contributed by atoms with Gasteiger partial charge >= 0.3 is 0 Å². The number of phenols is 1. The third-order valence-electron chi connectivity index (χ3n) is 5.85. The Morgan fingerprint density at radius 3 is 2.71 bits per heavy atom. The number of ether oxygens (including phenoxy) is 3. The number of carbonyl (C=O) groups excluding carboxylic acids is 2. The molecule has 2 atom stereocenters. The zero-order chi connectivity index (χ0) is 24.7. The molecule has 1 fully saturated rings. The van der Waals surface area contributed by atoms with Crippen molar-refractivity contribution in [3.05, 3.63) is 45.9 Å². The molecule has 2 aromatic rings. The number of phenolic OH excluding ortho intramolecular Hbond substituents is 1. The summed E-state index contributed by atoms with van der Waals surface area (Å²) in [4.78, 5) is 27.0.